The first kappa shape index (κ1) is 20.3. The Kier molecular flexibility index (Phi) is 7.63. The first-order valence-corrected chi connectivity index (χ1v) is 11.0. The van der Waals surface area contributed by atoms with E-state index in [4.69, 9.17) is 0 Å². The maximum atomic E-state index is 4.66. The predicted molar refractivity (Wildman–Crippen MR) is 78.4 cm³/mol. The molecule has 0 fully saturated rings. The van der Waals surface area contributed by atoms with E-state index in [1.165, 1.54) is 17.6 Å². The van der Waals surface area contributed by atoms with Crippen LogP contribution >= 0.6 is 0 Å². The maximum absolute atomic E-state index is 4.66. The molecule has 2 rings (SSSR count). The van der Waals surface area contributed by atoms with Gasteiger partial charge in [0, 0.05) is 0 Å². The smallest absolute Gasteiger partial charge is 1.00 e. The van der Waals surface area contributed by atoms with Gasteiger partial charge in [-0.05, 0) is 0 Å². The fraction of sp³-hybridized carbons (Fsp3) is 0.471. The first-order valence-electron chi connectivity index (χ1n) is 6.79. The van der Waals surface area contributed by atoms with Gasteiger partial charge in [0.25, 0.3) is 0 Å². The zero-order chi connectivity index (χ0) is 13.6. The average Bonchev–Trinajstić information content (AvgIpc) is 2.75. The molecular formula is C17H24Cl2Zr. The van der Waals surface area contributed by atoms with E-state index in [-0.39, 0.29) is 24.8 Å². The van der Waals surface area contributed by atoms with E-state index in [2.05, 4.69) is 51.8 Å². The number of hydrogen-bond acceptors (Lipinski definition) is 0. The van der Waals surface area contributed by atoms with Crippen molar-refractivity contribution in [1.82, 2.24) is 0 Å². The van der Waals surface area contributed by atoms with Gasteiger partial charge in [-0.1, -0.05) is 0 Å². The summed E-state index contributed by atoms with van der Waals surface area (Å²) in [5.41, 5.74) is 7.70. The third-order valence-corrected chi connectivity index (χ3v) is 11.2. The van der Waals surface area contributed by atoms with Gasteiger partial charge in [-0.3, -0.25) is 0 Å². The van der Waals surface area contributed by atoms with Gasteiger partial charge in [0.05, 0.1) is 0 Å². The normalized spacial score (nSPS) is 21.4. The fourth-order valence-electron chi connectivity index (χ4n) is 3.08. The topological polar surface area (TPSA) is 0 Å². The second-order valence-corrected chi connectivity index (χ2v) is 11.1. The number of halogens is 2. The van der Waals surface area contributed by atoms with Crippen molar-refractivity contribution in [2.75, 3.05) is 0 Å². The van der Waals surface area contributed by atoms with E-state index in [1.807, 2.05) is 0 Å². The van der Waals surface area contributed by atoms with Gasteiger partial charge >= 0.3 is 120 Å². The summed E-state index contributed by atoms with van der Waals surface area (Å²) in [6, 6.07) is 0. The van der Waals surface area contributed by atoms with E-state index in [0.29, 0.717) is 5.92 Å². The average molecular weight is 391 g/mol. The van der Waals surface area contributed by atoms with Crippen LogP contribution in [0.2, 0.25) is 0 Å². The molecule has 3 heteroatoms. The van der Waals surface area contributed by atoms with Crippen LogP contribution in [0.3, 0.4) is 0 Å². The Bertz CT molecular complexity index is 560. The molecule has 0 saturated carbocycles. The Labute approximate surface area is 144 Å². The van der Waals surface area contributed by atoms with E-state index in [1.54, 1.807) is 23.3 Å². The molecule has 0 aliphatic heterocycles. The summed E-state index contributed by atoms with van der Waals surface area (Å²) in [6.45, 7) is 13.8. The molecule has 0 N–H and O–H groups in total. The molecule has 2 aliphatic carbocycles. The van der Waals surface area contributed by atoms with Gasteiger partial charge in [0.2, 0.25) is 0 Å². The summed E-state index contributed by atoms with van der Waals surface area (Å²) < 4.78 is 8.09. The van der Waals surface area contributed by atoms with Gasteiger partial charge in [0.15, 0.2) is 0 Å². The summed E-state index contributed by atoms with van der Waals surface area (Å²) in [7, 11) is 0. The molecule has 0 aromatic rings. The molecule has 2 aliphatic rings. The van der Waals surface area contributed by atoms with Crippen molar-refractivity contribution in [1.29, 1.82) is 0 Å². The Balaban J connectivity index is 0.00000180. The van der Waals surface area contributed by atoms with Crippen LogP contribution in [0.15, 0.2) is 40.5 Å². The summed E-state index contributed by atoms with van der Waals surface area (Å²) in [5, 5.41) is 0. The Morgan fingerprint density at radius 3 is 1.95 bits per heavy atom. The largest absolute Gasteiger partial charge is 1.00 e. The van der Waals surface area contributed by atoms with Crippen LogP contribution < -0.4 is 24.8 Å². The van der Waals surface area contributed by atoms with Gasteiger partial charge in [-0.15, -0.1) is 0 Å². The van der Waals surface area contributed by atoms with Crippen LogP contribution in [-0.4, -0.2) is 4.21 Å². The summed E-state index contributed by atoms with van der Waals surface area (Å²) in [6.07, 6.45) is 3.64. The Hall–Kier alpha value is 0.293. The van der Waals surface area contributed by atoms with E-state index in [9.17, 15) is 0 Å². The summed E-state index contributed by atoms with van der Waals surface area (Å²) in [5.74, 6) is 0.652. The summed E-state index contributed by atoms with van der Waals surface area (Å²) >= 11 is -1.80. The van der Waals surface area contributed by atoms with Crippen LogP contribution in [0, 0.1) is 5.92 Å². The van der Waals surface area contributed by atoms with Crippen molar-refractivity contribution in [2.24, 2.45) is 5.92 Å². The molecule has 20 heavy (non-hydrogen) atoms. The fourth-order valence-corrected chi connectivity index (χ4v) is 9.46. The van der Waals surface area contributed by atoms with E-state index < -0.39 is 21.3 Å². The van der Waals surface area contributed by atoms with Crippen molar-refractivity contribution in [3.63, 3.8) is 0 Å². The van der Waals surface area contributed by atoms with Crippen LogP contribution in [-0.2, 0) is 21.3 Å². The number of hydrogen-bond donors (Lipinski definition) is 0. The summed E-state index contributed by atoms with van der Waals surface area (Å²) in [4.78, 5) is 0. The second kappa shape index (κ2) is 7.52. The molecule has 0 radical (unpaired) electrons. The predicted octanol–water partition coefficient (Wildman–Crippen LogP) is -1.07. The molecule has 110 valence electrons. The number of allylic oxidation sites excluding steroid dienone is 8. The van der Waals surface area contributed by atoms with Crippen LogP contribution in [0.25, 0.3) is 0 Å². The van der Waals surface area contributed by atoms with Crippen molar-refractivity contribution in [3.8, 4) is 0 Å². The van der Waals surface area contributed by atoms with Crippen molar-refractivity contribution >= 4 is 4.21 Å². The zero-order valence-corrected chi connectivity index (χ0v) is 17.3. The molecule has 0 aromatic heterocycles. The molecular weight excluding hydrogens is 366 g/mol. The van der Waals surface area contributed by atoms with Crippen LogP contribution in [0.1, 0.15) is 48.0 Å². The first-order chi connectivity index (χ1) is 8.34. The van der Waals surface area contributed by atoms with Crippen LogP contribution in [0.4, 0.5) is 0 Å². The van der Waals surface area contributed by atoms with E-state index in [0.717, 1.165) is 0 Å². The molecule has 1 atom stereocenters. The van der Waals surface area contributed by atoms with Crippen molar-refractivity contribution in [3.05, 3.63) is 40.5 Å². The van der Waals surface area contributed by atoms with Gasteiger partial charge in [0.1, 0.15) is 0 Å². The Morgan fingerprint density at radius 1 is 1.05 bits per heavy atom. The van der Waals surface area contributed by atoms with E-state index >= 15 is 0 Å². The Morgan fingerprint density at radius 2 is 1.60 bits per heavy atom. The molecule has 0 bridgehead atoms. The van der Waals surface area contributed by atoms with Gasteiger partial charge in [-0.25, -0.2) is 0 Å². The molecule has 0 saturated heterocycles. The molecule has 0 heterocycles. The van der Waals surface area contributed by atoms with Crippen molar-refractivity contribution in [2.45, 2.75) is 48.0 Å². The van der Waals surface area contributed by atoms with Crippen LogP contribution in [0.5, 0.6) is 0 Å². The molecule has 0 nitrogen and oxygen atoms in total. The minimum Gasteiger partial charge on any atom is -1.00 e. The maximum Gasteiger partial charge on any atom is -1.00 e. The minimum absolute atomic E-state index is 0. The monoisotopic (exact) mass is 388 g/mol. The SMILES string of the molecule is [CH2]=[Zr+2]([C]1=CC(C)=C(C)C1)[C]1=C(C)C(C)=C(C)C1C.[Cl-].[Cl-]. The molecule has 0 spiro atoms. The quantitative estimate of drug-likeness (QED) is 0.563. The van der Waals surface area contributed by atoms with Gasteiger partial charge < -0.3 is 24.8 Å². The molecule has 0 aromatic carbocycles. The minimum atomic E-state index is -1.80. The third kappa shape index (κ3) is 3.37. The number of rotatable bonds is 2. The molecule has 0 amide bonds. The third-order valence-electron chi connectivity index (χ3n) is 4.87. The standard InChI is InChI=1S/C9H13.C7H9.CH2.2ClH.Zr/c1-6-5-7(2)9(4)8(6)3;1-6-4-3-5-7(6)2;;;;/h6H,1-4H3;4H,5H2,1-2H3;1H2;2*1H;/q;;;;;+2/p-2. The zero-order valence-electron chi connectivity index (χ0n) is 13.3. The molecule has 1 unspecified atom stereocenters. The van der Waals surface area contributed by atoms with Gasteiger partial charge in [-0.2, -0.15) is 0 Å². The second-order valence-electron chi connectivity index (χ2n) is 5.86. The van der Waals surface area contributed by atoms with Crippen molar-refractivity contribution < 1.29 is 46.1 Å².